The van der Waals surface area contributed by atoms with Crippen molar-refractivity contribution in [2.24, 2.45) is 13.0 Å². The van der Waals surface area contributed by atoms with Crippen molar-refractivity contribution in [3.8, 4) is 0 Å². The average Bonchev–Trinajstić information content (AvgIpc) is 2.54. The molecule has 1 N–H and O–H groups in total. The molecule has 128 valence electrons. The van der Waals surface area contributed by atoms with Crippen molar-refractivity contribution >= 4 is 5.91 Å². The number of nitrogens with zero attached hydrogens (tertiary/aromatic N) is 2. The average molecular weight is 327 g/mol. The fraction of sp³-hybridized carbons (Fsp3) is 0.421. The second-order valence-corrected chi connectivity index (χ2v) is 6.70. The predicted molar refractivity (Wildman–Crippen MR) is 95.1 cm³/mol. The van der Waals surface area contributed by atoms with Gasteiger partial charge in [-0.15, -0.1) is 0 Å². The van der Waals surface area contributed by atoms with Gasteiger partial charge < -0.3 is 5.32 Å². The first-order valence-electron chi connectivity index (χ1n) is 8.24. The van der Waals surface area contributed by atoms with Gasteiger partial charge >= 0.3 is 0 Å². The quantitative estimate of drug-likeness (QED) is 0.918. The van der Waals surface area contributed by atoms with Gasteiger partial charge in [0, 0.05) is 13.1 Å². The molecule has 1 amide bonds. The maximum Gasteiger partial charge on any atom is 0.272 e. The lowest BCUT2D eigenvalue weighted by Crippen LogP contribution is -2.33. The second kappa shape index (κ2) is 7.43. The topological polar surface area (TPSA) is 64.0 Å². The minimum Gasteiger partial charge on any atom is -0.344 e. The van der Waals surface area contributed by atoms with Crippen LogP contribution in [-0.4, -0.2) is 15.7 Å². The lowest BCUT2D eigenvalue weighted by Gasteiger charge is -2.23. The number of amides is 1. The summed E-state index contributed by atoms with van der Waals surface area (Å²) in [5, 5.41) is 7.04. The molecule has 0 spiro atoms. The summed E-state index contributed by atoms with van der Waals surface area (Å²) in [6, 6.07) is 11.0. The Labute approximate surface area is 142 Å². The van der Waals surface area contributed by atoms with Crippen molar-refractivity contribution in [2.75, 3.05) is 0 Å². The van der Waals surface area contributed by atoms with E-state index in [1.165, 1.54) is 24.7 Å². The highest BCUT2D eigenvalue weighted by molar-refractivity contribution is 5.92. The Bertz CT molecular complexity index is 761. The number of benzene rings is 1. The van der Waals surface area contributed by atoms with Crippen LogP contribution >= 0.6 is 0 Å². The summed E-state index contributed by atoms with van der Waals surface area (Å²) in [5.41, 5.74) is 2.33. The van der Waals surface area contributed by atoms with Crippen molar-refractivity contribution in [2.45, 2.75) is 39.7 Å². The van der Waals surface area contributed by atoms with E-state index in [0.717, 1.165) is 10.2 Å². The third-order valence-electron chi connectivity index (χ3n) is 4.11. The highest BCUT2D eigenvalue weighted by atomic mass is 16.2. The first-order valence-corrected chi connectivity index (χ1v) is 8.24. The molecule has 1 heterocycles. The van der Waals surface area contributed by atoms with Gasteiger partial charge in [-0.1, -0.05) is 52.0 Å². The SMILES string of the molecule is CC(C)c1ccc(C(NC(=O)c2ccc(=O)n(C)n2)C(C)C)cc1. The van der Waals surface area contributed by atoms with Gasteiger partial charge in [0.25, 0.3) is 11.5 Å². The van der Waals surface area contributed by atoms with Crippen LogP contribution in [0.1, 0.15) is 61.3 Å². The predicted octanol–water partition coefficient (Wildman–Crippen LogP) is 3.03. The monoisotopic (exact) mass is 327 g/mol. The standard InChI is InChI=1S/C19H25N3O2/c1-12(2)14-6-8-15(9-7-14)18(13(3)4)20-19(24)16-10-11-17(23)22(5)21-16/h6-13,18H,1-5H3,(H,20,24). The van der Waals surface area contributed by atoms with E-state index < -0.39 is 0 Å². The van der Waals surface area contributed by atoms with Crippen molar-refractivity contribution < 1.29 is 4.79 Å². The molecular weight excluding hydrogens is 302 g/mol. The van der Waals surface area contributed by atoms with E-state index in [4.69, 9.17) is 0 Å². The number of aromatic nitrogens is 2. The van der Waals surface area contributed by atoms with Crippen LogP contribution in [0.4, 0.5) is 0 Å². The summed E-state index contributed by atoms with van der Waals surface area (Å²) in [6.07, 6.45) is 0. The third kappa shape index (κ3) is 4.10. The smallest absolute Gasteiger partial charge is 0.272 e. The van der Waals surface area contributed by atoms with Gasteiger partial charge in [-0.05, 0) is 29.0 Å². The number of hydrogen-bond acceptors (Lipinski definition) is 3. The Morgan fingerprint density at radius 3 is 2.08 bits per heavy atom. The van der Waals surface area contributed by atoms with Crippen LogP contribution in [0.15, 0.2) is 41.2 Å². The van der Waals surface area contributed by atoms with E-state index in [1.54, 1.807) is 0 Å². The molecule has 2 rings (SSSR count). The van der Waals surface area contributed by atoms with Gasteiger partial charge in [0.2, 0.25) is 0 Å². The van der Waals surface area contributed by atoms with Gasteiger partial charge in [-0.25, -0.2) is 4.68 Å². The summed E-state index contributed by atoms with van der Waals surface area (Å²) in [4.78, 5) is 23.9. The van der Waals surface area contributed by atoms with E-state index in [2.05, 4.69) is 62.4 Å². The molecule has 1 atom stereocenters. The number of carbonyl (C=O) groups is 1. The molecule has 24 heavy (non-hydrogen) atoms. The zero-order valence-electron chi connectivity index (χ0n) is 14.9. The van der Waals surface area contributed by atoms with E-state index in [0.29, 0.717) is 5.92 Å². The van der Waals surface area contributed by atoms with Crippen LogP contribution in [0.2, 0.25) is 0 Å². The molecule has 0 aliphatic carbocycles. The first-order chi connectivity index (χ1) is 11.3. The zero-order chi connectivity index (χ0) is 17.9. The Morgan fingerprint density at radius 1 is 1.00 bits per heavy atom. The van der Waals surface area contributed by atoms with Crippen molar-refractivity contribution in [3.63, 3.8) is 0 Å². The normalized spacial score (nSPS) is 12.5. The largest absolute Gasteiger partial charge is 0.344 e. The number of aryl methyl sites for hydroxylation is 1. The molecule has 1 aromatic carbocycles. The Kier molecular flexibility index (Phi) is 5.54. The van der Waals surface area contributed by atoms with Crippen LogP contribution in [0.5, 0.6) is 0 Å². The molecule has 1 aromatic heterocycles. The lowest BCUT2D eigenvalue weighted by molar-refractivity contribution is 0.0918. The van der Waals surface area contributed by atoms with Gasteiger partial charge in [0.05, 0.1) is 6.04 Å². The summed E-state index contributed by atoms with van der Waals surface area (Å²) >= 11 is 0. The maximum absolute atomic E-state index is 12.5. The van der Waals surface area contributed by atoms with Gasteiger partial charge in [-0.3, -0.25) is 9.59 Å². The molecule has 0 bridgehead atoms. The summed E-state index contributed by atoms with van der Waals surface area (Å²) in [6.45, 7) is 8.44. The number of carbonyl (C=O) groups excluding carboxylic acids is 1. The van der Waals surface area contributed by atoms with Gasteiger partial charge in [-0.2, -0.15) is 5.10 Å². The van der Waals surface area contributed by atoms with Crippen molar-refractivity contribution in [1.82, 2.24) is 15.1 Å². The van der Waals surface area contributed by atoms with E-state index >= 15 is 0 Å². The van der Waals surface area contributed by atoms with Crippen LogP contribution < -0.4 is 10.9 Å². The second-order valence-electron chi connectivity index (χ2n) is 6.70. The highest BCUT2D eigenvalue weighted by Crippen LogP contribution is 2.24. The van der Waals surface area contributed by atoms with E-state index in [-0.39, 0.29) is 29.1 Å². The van der Waals surface area contributed by atoms with E-state index in [1.807, 2.05) is 0 Å². The molecular formula is C19H25N3O2. The van der Waals surface area contributed by atoms with Crippen molar-refractivity contribution in [3.05, 3.63) is 63.6 Å². The number of hydrogen-bond donors (Lipinski definition) is 1. The molecule has 0 fully saturated rings. The summed E-state index contributed by atoms with van der Waals surface area (Å²) < 4.78 is 1.16. The molecule has 5 heteroatoms. The molecule has 1 unspecified atom stereocenters. The Balaban J connectivity index is 2.23. The molecule has 5 nitrogen and oxygen atoms in total. The fourth-order valence-corrected chi connectivity index (χ4v) is 2.56. The minimum atomic E-state index is -0.280. The Hall–Kier alpha value is -2.43. The number of rotatable bonds is 5. The molecule has 0 saturated heterocycles. The van der Waals surface area contributed by atoms with Crippen LogP contribution in [0.25, 0.3) is 0 Å². The van der Waals surface area contributed by atoms with Gasteiger partial charge in [0.1, 0.15) is 5.69 Å². The molecule has 0 aliphatic heterocycles. The minimum absolute atomic E-state index is 0.113. The highest BCUT2D eigenvalue weighted by Gasteiger charge is 2.20. The van der Waals surface area contributed by atoms with Gasteiger partial charge in [0.15, 0.2) is 0 Å². The van der Waals surface area contributed by atoms with Crippen LogP contribution in [0.3, 0.4) is 0 Å². The molecule has 2 aromatic rings. The molecule has 0 saturated carbocycles. The third-order valence-corrected chi connectivity index (χ3v) is 4.11. The fourth-order valence-electron chi connectivity index (χ4n) is 2.56. The zero-order valence-corrected chi connectivity index (χ0v) is 14.9. The van der Waals surface area contributed by atoms with Crippen LogP contribution in [0, 0.1) is 5.92 Å². The summed E-state index contributed by atoms with van der Waals surface area (Å²) in [5.74, 6) is 0.421. The van der Waals surface area contributed by atoms with E-state index in [9.17, 15) is 9.59 Å². The molecule has 0 aliphatic rings. The van der Waals surface area contributed by atoms with Crippen LogP contribution in [-0.2, 0) is 7.05 Å². The molecule has 0 radical (unpaired) electrons. The number of nitrogens with one attached hydrogen (secondary N) is 1. The van der Waals surface area contributed by atoms with Crippen molar-refractivity contribution in [1.29, 1.82) is 0 Å². The Morgan fingerprint density at radius 2 is 1.58 bits per heavy atom. The maximum atomic E-state index is 12.5. The summed E-state index contributed by atoms with van der Waals surface area (Å²) in [7, 11) is 1.53. The lowest BCUT2D eigenvalue weighted by atomic mass is 9.93. The first kappa shape index (κ1) is 17.9.